The van der Waals surface area contributed by atoms with Crippen LogP contribution in [0.2, 0.25) is 0 Å². The van der Waals surface area contributed by atoms with Crippen LogP contribution in [0.1, 0.15) is 26.0 Å². The quantitative estimate of drug-likeness (QED) is 0.756. The zero-order valence-electron chi connectivity index (χ0n) is 9.88. The molecule has 88 valence electrons. The maximum absolute atomic E-state index is 11.7. The van der Waals surface area contributed by atoms with Gasteiger partial charge in [0.1, 0.15) is 0 Å². The average molecular weight is 230 g/mol. The number of aromatic nitrogens is 2. The number of hydrogen-bond acceptors (Lipinski definition) is 3. The summed E-state index contributed by atoms with van der Waals surface area (Å²) in [6, 6.07) is 9.47. The molecule has 0 bridgehead atoms. The number of rotatable bonds is 3. The number of benzene rings is 1. The molecule has 0 N–H and O–H groups in total. The first-order valence-electron chi connectivity index (χ1n) is 5.58. The minimum absolute atomic E-state index is 0.399. The van der Waals surface area contributed by atoms with Crippen LogP contribution in [-0.2, 0) is 0 Å². The van der Waals surface area contributed by atoms with Crippen molar-refractivity contribution in [2.24, 2.45) is 0 Å². The number of allylic oxidation sites excluding steroid dienone is 2. The van der Waals surface area contributed by atoms with Gasteiger partial charge in [-0.25, -0.2) is 0 Å². The second-order valence-corrected chi connectivity index (χ2v) is 3.62. The molecule has 0 aliphatic carbocycles. The van der Waals surface area contributed by atoms with Crippen LogP contribution in [0, 0.1) is 0 Å². The van der Waals surface area contributed by atoms with Crippen molar-refractivity contribution in [1.82, 2.24) is 5.27 Å². The lowest BCUT2D eigenvalue weighted by molar-refractivity contribution is -0.672. The second-order valence-electron chi connectivity index (χ2n) is 3.62. The van der Waals surface area contributed by atoms with E-state index in [-0.39, 0.29) is 0 Å². The first kappa shape index (κ1) is 11.4. The molecule has 4 heteroatoms. The molecular formula is C13H14N2O2. The van der Waals surface area contributed by atoms with E-state index in [1.165, 1.54) is 0 Å². The third-order valence-corrected chi connectivity index (χ3v) is 2.64. The zero-order chi connectivity index (χ0) is 12.3. The molecule has 1 aromatic heterocycles. The van der Waals surface area contributed by atoms with Crippen LogP contribution < -0.4 is 9.79 Å². The zero-order valence-corrected chi connectivity index (χ0v) is 9.88. The van der Waals surface area contributed by atoms with Crippen LogP contribution in [-0.4, -0.2) is 5.27 Å². The van der Waals surface area contributed by atoms with E-state index >= 15 is 0 Å². The predicted molar refractivity (Wildman–Crippen MR) is 61.4 cm³/mol. The molecule has 0 spiro atoms. The highest BCUT2D eigenvalue weighted by atomic mass is 16.6. The van der Waals surface area contributed by atoms with Crippen LogP contribution in [0.5, 0.6) is 5.95 Å². The van der Waals surface area contributed by atoms with Gasteiger partial charge in [-0.3, -0.25) is 0 Å². The Hall–Kier alpha value is -2.10. The van der Waals surface area contributed by atoms with Gasteiger partial charge >= 0.3 is 0 Å². The fourth-order valence-corrected chi connectivity index (χ4v) is 1.77. The van der Waals surface area contributed by atoms with E-state index in [2.05, 4.69) is 5.27 Å². The normalized spacial score (nSPS) is 11.8. The third-order valence-electron chi connectivity index (χ3n) is 2.64. The van der Waals surface area contributed by atoms with Gasteiger partial charge in [0, 0.05) is 17.7 Å². The largest absolute Gasteiger partial charge is 0.539 e. The van der Waals surface area contributed by atoms with Crippen molar-refractivity contribution < 1.29 is 14.3 Å². The molecule has 0 unspecified atom stereocenters. The van der Waals surface area contributed by atoms with E-state index in [9.17, 15) is 5.11 Å². The van der Waals surface area contributed by atoms with Crippen LogP contribution in [0.15, 0.2) is 40.9 Å². The lowest BCUT2D eigenvalue weighted by atomic mass is 10.1. The van der Waals surface area contributed by atoms with Crippen molar-refractivity contribution in [3.63, 3.8) is 0 Å². The molecule has 0 aliphatic heterocycles. The summed E-state index contributed by atoms with van der Waals surface area (Å²) in [5.74, 6) is -0.399. The van der Waals surface area contributed by atoms with Crippen molar-refractivity contribution in [3.8, 4) is 11.6 Å². The molecule has 4 nitrogen and oxygen atoms in total. The molecule has 17 heavy (non-hydrogen) atoms. The van der Waals surface area contributed by atoms with Gasteiger partial charge in [0.05, 0.1) is 5.27 Å². The first-order chi connectivity index (χ1) is 8.27. The number of hydrogen-bond donors (Lipinski definition) is 0. The summed E-state index contributed by atoms with van der Waals surface area (Å²) < 4.78 is 6.29. The summed E-state index contributed by atoms with van der Waals surface area (Å²) in [5, 5.41) is 15.5. The van der Waals surface area contributed by atoms with Crippen molar-refractivity contribution in [1.29, 1.82) is 0 Å². The Balaban J connectivity index is 2.57. The second kappa shape index (κ2) is 4.82. The summed E-state index contributed by atoms with van der Waals surface area (Å²) in [6.45, 7) is 3.90. The monoisotopic (exact) mass is 230 g/mol. The summed E-state index contributed by atoms with van der Waals surface area (Å²) in [7, 11) is 0. The van der Waals surface area contributed by atoms with Crippen molar-refractivity contribution in [3.05, 3.63) is 42.1 Å². The van der Waals surface area contributed by atoms with Crippen LogP contribution in [0.25, 0.3) is 11.3 Å². The number of nitrogens with zero attached hydrogens (tertiary/aromatic N) is 2. The van der Waals surface area contributed by atoms with Gasteiger partial charge in [0.25, 0.3) is 5.69 Å². The molecule has 2 aromatic rings. The number of para-hydroxylation sites is 1. The molecule has 2 rings (SSSR count). The highest BCUT2D eigenvalue weighted by Crippen LogP contribution is 2.22. The Morgan fingerprint density at radius 2 is 2.12 bits per heavy atom. The maximum Gasteiger partial charge on any atom is 0.266 e. The van der Waals surface area contributed by atoms with Gasteiger partial charge in [0.2, 0.25) is 5.69 Å². The molecule has 1 heterocycles. The Morgan fingerprint density at radius 1 is 1.41 bits per heavy atom. The SMILES string of the molecule is C/C=C(\CC)c1c([O-])on[n+]1-c1ccccc1. The smallest absolute Gasteiger partial charge is 0.266 e. The minimum Gasteiger partial charge on any atom is -0.539 e. The van der Waals surface area contributed by atoms with Crippen molar-refractivity contribution >= 4 is 5.57 Å². The Kier molecular flexibility index (Phi) is 3.23. The van der Waals surface area contributed by atoms with Crippen LogP contribution >= 0.6 is 0 Å². The molecule has 0 amide bonds. The van der Waals surface area contributed by atoms with Crippen molar-refractivity contribution in [2.45, 2.75) is 20.3 Å². The molecule has 0 radical (unpaired) electrons. The fraction of sp³-hybridized carbons (Fsp3) is 0.231. The van der Waals surface area contributed by atoms with E-state index in [0.29, 0.717) is 5.69 Å². The first-order valence-corrected chi connectivity index (χ1v) is 5.58. The van der Waals surface area contributed by atoms with Gasteiger partial charge in [-0.2, -0.15) is 0 Å². The molecule has 0 aliphatic rings. The molecule has 0 fully saturated rings. The summed E-state index contributed by atoms with van der Waals surface area (Å²) in [6.07, 6.45) is 2.67. The summed E-state index contributed by atoms with van der Waals surface area (Å²) >= 11 is 0. The molecule has 0 atom stereocenters. The summed E-state index contributed by atoms with van der Waals surface area (Å²) in [5.41, 5.74) is 2.25. The fourth-order valence-electron chi connectivity index (χ4n) is 1.77. The predicted octanol–water partition coefficient (Wildman–Crippen LogP) is 1.84. The standard InChI is InChI=1S/C13H14N2O2/c1-3-10(4-2)12-13(16)17-14-15(12)11-8-6-5-7-9-11/h3,5-9H,4H2,1-2H3/b10-3+. The van der Waals surface area contributed by atoms with Gasteiger partial charge in [-0.05, 0) is 18.0 Å². The van der Waals surface area contributed by atoms with E-state index in [1.807, 2.05) is 50.3 Å². The van der Waals surface area contributed by atoms with E-state index in [1.54, 1.807) is 4.68 Å². The average Bonchev–Trinajstić information content (AvgIpc) is 2.75. The van der Waals surface area contributed by atoms with Crippen LogP contribution in [0.3, 0.4) is 0 Å². The molecule has 0 saturated carbocycles. The lowest BCUT2D eigenvalue weighted by Crippen LogP contribution is -2.36. The minimum atomic E-state index is -0.399. The van der Waals surface area contributed by atoms with Gasteiger partial charge < -0.3 is 9.63 Å². The van der Waals surface area contributed by atoms with E-state index < -0.39 is 5.95 Å². The lowest BCUT2D eigenvalue weighted by Gasteiger charge is -1.99. The molecular weight excluding hydrogens is 216 g/mol. The van der Waals surface area contributed by atoms with Gasteiger partial charge in [0.15, 0.2) is 5.95 Å². The topological polar surface area (TPSA) is 53.0 Å². The van der Waals surface area contributed by atoms with E-state index in [0.717, 1.165) is 17.7 Å². The van der Waals surface area contributed by atoms with Crippen LogP contribution in [0.4, 0.5) is 0 Å². The Bertz CT molecular complexity index is 530. The molecule has 1 aromatic carbocycles. The molecule has 0 saturated heterocycles. The van der Waals surface area contributed by atoms with Crippen molar-refractivity contribution in [2.75, 3.05) is 0 Å². The Labute approximate surface area is 99.8 Å². The highest BCUT2D eigenvalue weighted by molar-refractivity contribution is 5.62. The van der Waals surface area contributed by atoms with Gasteiger partial charge in [-0.15, -0.1) is 0 Å². The van der Waals surface area contributed by atoms with Gasteiger partial charge in [-0.1, -0.05) is 31.2 Å². The highest BCUT2D eigenvalue weighted by Gasteiger charge is 2.22. The maximum atomic E-state index is 11.7. The summed E-state index contributed by atoms with van der Waals surface area (Å²) in [4.78, 5) is 0. The Morgan fingerprint density at radius 3 is 2.71 bits per heavy atom. The third kappa shape index (κ3) is 2.06. The van der Waals surface area contributed by atoms with E-state index in [4.69, 9.17) is 4.52 Å².